The first-order valence-electron chi connectivity index (χ1n) is 10.6. The summed E-state index contributed by atoms with van der Waals surface area (Å²) >= 11 is 0. The fourth-order valence-corrected chi connectivity index (χ4v) is 3.34. The molecular formula is C24H32N2O7S2. The molecule has 0 aliphatic rings. The van der Waals surface area contributed by atoms with Crippen LogP contribution < -0.4 is 11.2 Å². The largest absolute Gasteiger partial charge is 0.330 e. The molecule has 0 saturated heterocycles. The van der Waals surface area contributed by atoms with Gasteiger partial charge in [0.2, 0.25) is 0 Å². The van der Waals surface area contributed by atoms with Crippen molar-refractivity contribution in [3.63, 3.8) is 0 Å². The maximum absolute atomic E-state index is 10.5. The summed E-state index contributed by atoms with van der Waals surface area (Å²) in [7, 11) is -8.04. The molecule has 0 atom stereocenters. The second-order valence-corrected chi connectivity index (χ2v) is 10.2. The van der Waals surface area contributed by atoms with Crippen LogP contribution in [0.3, 0.4) is 0 Å². The maximum atomic E-state index is 10.5. The van der Waals surface area contributed by atoms with Crippen molar-refractivity contribution in [2.45, 2.75) is 36.7 Å². The van der Waals surface area contributed by atoms with Gasteiger partial charge in [-0.3, -0.25) is 13.9 Å². The minimum Gasteiger partial charge on any atom is -0.330 e. The summed E-state index contributed by atoms with van der Waals surface area (Å²) in [4.78, 5) is 5.08. The highest BCUT2D eigenvalue weighted by Crippen LogP contribution is 2.09. The third-order valence-electron chi connectivity index (χ3n) is 4.30. The van der Waals surface area contributed by atoms with Gasteiger partial charge in [-0.1, -0.05) is 65.7 Å². The molecule has 0 fully saturated rings. The molecule has 35 heavy (non-hydrogen) atoms. The average molecular weight is 525 g/mol. The van der Waals surface area contributed by atoms with E-state index >= 15 is 0 Å². The standard InChI is InChI=1S/C10H16N2O.2C7H8O3S/c11-7-4-8-12-13-9-10-5-2-1-3-6-10;2*1-6-2-4-7(5-3-6)11(8,9)10/h1-3,5-6,12H,4,7-9,11H2;2*2-5H,1H3,(H,8,9,10). The summed E-state index contributed by atoms with van der Waals surface area (Å²) in [5.74, 6) is 0. The molecule has 0 aliphatic heterocycles. The van der Waals surface area contributed by atoms with Gasteiger partial charge >= 0.3 is 0 Å². The van der Waals surface area contributed by atoms with Crippen LogP contribution >= 0.6 is 0 Å². The second-order valence-electron chi connectivity index (χ2n) is 7.39. The van der Waals surface area contributed by atoms with Crippen LogP contribution in [0.1, 0.15) is 23.1 Å². The van der Waals surface area contributed by atoms with Crippen LogP contribution in [0.15, 0.2) is 88.7 Å². The first-order valence-corrected chi connectivity index (χ1v) is 13.5. The fourth-order valence-electron chi connectivity index (χ4n) is 2.38. The van der Waals surface area contributed by atoms with Gasteiger partial charge in [0.1, 0.15) is 0 Å². The van der Waals surface area contributed by atoms with Crippen molar-refractivity contribution in [1.82, 2.24) is 5.48 Å². The zero-order valence-electron chi connectivity index (χ0n) is 19.7. The van der Waals surface area contributed by atoms with E-state index < -0.39 is 20.2 Å². The van der Waals surface area contributed by atoms with Crippen molar-refractivity contribution in [3.8, 4) is 0 Å². The van der Waals surface area contributed by atoms with Crippen LogP contribution in [-0.4, -0.2) is 39.0 Å². The average Bonchev–Trinajstić information content (AvgIpc) is 2.80. The third kappa shape index (κ3) is 13.7. The molecule has 0 radical (unpaired) electrons. The monoisotopic (exact) mass is 524 g/mol. The summed E-state index contributed by atoms with van der Waals surface area (Å²) in [6.45, 7) is 5.79. The van der Waals surface area contributed by atoms with Crippen molar-refractivity contribution in [2.75, 3.05) is 13.1 Å². The van der Waals surface area contributed by atoms with Gasteiger partial charge in [0, 0.05) is 6.54 Å². The molecule has 0 aliphatic carbocycles. The van der Waals surface area contributed by atoms with E-state index in [2.05, 4.69) is 5.48 Å². The van der Waals surface area contributed by atoms with E-state index in [0.717, 1.165) is 24.1 Å². The Labute approximate surface area is 207 Å². The first-order chi connectivity index (χ1) is 16.4. The molecule has 0 bridgehead atoms. The van der Waals surface area contributed by atoms with Gasteiger partial charge in [-0.2, -0.15) is 16.8 Å². The summed E-state index contributed by atoms with van der Waals surface area (Å²) in [6, 6.07) is 22.0. The highest BCUT2D eigenvalue weighted by Gasteiger charge is 2.07. The Morgan fingerprint density at radius 2 is 1.17 bits per heavy atom. The van der Waals surface area contributed by atoms with Crippen molar-refractivity contribution < 1.29 is 30.8 Å². The van der Waals surface area contributed by atoms with Gasteiger partial charge < -0.3 is 5.73 Å². The minimum absolute atomic E-state index is 0.0666. The zero-order valence-corrected chi connectivity index (χ0v) is 21.3. The van der Waals surface area contributed by atoms with Crippen LogP contribution in [-0.2, 0) is 31.7 Å². The Balaban J connectivity index is 0.000000264. The molecule has 3 aromatic rings. The summed E-state index contributed by atoms with van der Waals surface area (Å²) < 4.78 is 59.1. The molecule has 0 saturated carbocycles. The number of rotatable bonds is 8. The number of nitrogens with two attached hydrogens (primary N) is 1. The Morgan fingerprint density at radius 1 is 0.743 bits per heavy atom. The van der Waals surface area contributed by atoms with Gasteiger partial charge in [-0.15, -0.1) is 0 Å². The smallest absolute Gasteiger partial charge is 0.294 e. The van der Waals surface area contributed by atoms with Crippen LogP contribution in [0.4, 0.5) is 0 Å². The molecule has 0 aromatic heterocycles. The van der Waals surface area contributed by atoms with Crippen molar-refractivity contribution >= 4 is 20.2 Å². The van der Waals surface area contributed by atoms with E-state index in [1.54, 1.807) is 24.3 Å². The maximum Gasteiger partial charge on any atom is 0.294 e. The lowest BCUT2D eigenvalue weighted by Gasteiger charge is -2.04. The lowest BCUT2D eigenvalue weighted by molar-refractivity contribution is 0.0279. The predicted octanol–water partition coefficient (Wildman–Crippen LogP) is 3.54. The lowest BCUT2D eigenvalue weighted by atomic mass is 10.2. The van der Waals surface area contributed by atoms with Crippen LogP contribution in [0.2, 0.25) is 0 Å². The first kappa shape index (κ1) is 30.4. The SMILES string of the molecule is Cc1ccc(S(=O)(=O)O)cc1.Cc1ccc(S(=O)(=O)O)cc1.NCCCNOCc1ccccc1. The molecule has 5 N–H and O–H groups in total. The topological polar surface area (TPSA) is 156 Å². The van der Waals surface area contributed by atoms with E-state index in [9.17, 15) is 16.8 Å². The number of aryl methyl sites for hydroxylation is 2. The Hall–Kier alpha value is -2.64. The van der Waals surface area contributed by atoms with E-state index in [4.69, 9.17) is 19.7 Å². The van der Waals surface area contributed by atoms with Crippen molar-refractivity contribution in [1.29, 1.82) is 0 Å². The Bertz CT molecular complexity index is 1130. The number of hydroxylamine groups is 1. The third-order valence-corrected chi connectivity index (χ3v) is 6.04. The van der Waals surface area contributed by atoms with Gasteiger partial charge in [0.25, 0.3) is 20.2 Å². The molecule has 0 heterocycles. The normalized spacial score (nSPS) is 11.0. The van der Waals surface area contributed by atoms with Crippen LogP contribution in [0.5, 0.6) is 0 Å². The van der Waals surface area contributed by atoms with Gasteiger partial charge in [-0.25, -0.2) is 5.48 Å². The Morgan fingerprint density at radius 3 is 1.54 bits per heavy atom. The number of hydrogen-bond acceptors (Lipinski definition) is 7. The summed E-state index contributed by atoms with van der Waals surface area (Å²) in [5, 5.41) is 0. The number of benzene rings is 3. The zero-order chi connectivity index (χ0) is 26.3. The summed E-state index contributed by atoms with van der Waals surface area (Å²) in [5.41, 5.74) is 11.3. The number of nitrogens with one attached hydrogen (secondary N) is 1. The quantitative estimate of drug-likeness (QED) is 0.197. The second kappa shape index (κ2) is 15.4. The Kier molecular flexibility index (Phi) is 13.3. The predicted molar refractivity (Wildman–Crippen MR) is 135 cm³/mol. The van der Waals surface area contributed by atoms with E-state index in [0.29, 0.717) is 13.2 Å². The minimum atomic E-state index is -4.02. The van der Waals surface area contributed by atoms with Gasteiger partial charge in [0.15, 0.2) is 0 Å². The van der Waals surface area contributed by atoms with Crippen LogP contribution in [0.25, 0.3) is 0 Å². The molecule has 192 valence electrons. The molecule has 0 spiro atoms. The van der Waals surface area contributed by atoms with Crippen molar-refractivity contribution in [3.05, 3.63) is 95.6 Å². The molecule has 9 nitrogen and oxygen atoms in total. The molecular weight excluding hydrogens is 492 g/mol. The molecule has 0 unspecified atom stereocenters. The van der Waals surface area contributed by atoms with Crippen LogP contribution in [0, 0.1) is 13.8 Å². The number of hydrogen-bond donors (Lipinski definition) is 4. The highest BCUT2D eigenvalue weighted by atomic mass is 32.2. The molecule has 11 heteroatoms. The molecule has 0 amide bonds. The van der Waals surface area contributed by atoms with Gasteiger partial charge in [0.05, 0.1) is 16.4 Å². The summed E-state index contributed by atoms with van der Waals surface area (Å²) in [6.07, 6.45) is 0.939. The van der Waals surface area contributed by atoms with Gasteiger partial charge in [-0.05, 0) is 56.6 Å². The van der Waals surface area contributed by atoms with Crippen molar-refractivity contribution in [2.24, 2.45) is 5.73 Å². The lowest BCUT2D eigenvalue weighted by Crippen LogP contribution is -2.18. The van der Waals surface area contributed by atoms with E-state index in [-0.39, 0.29) is 9.79 Å². The fraction of sp³-hybridized carbons (Fsp3) is 0.250. The molecule has 3 aromatic carbocycles. The van der Waals surface area contributed by atoms with E-state index in [1.165, 1.54) is 29.8 Å². The highest BCUT2D eigenvalue weighted by molar-refractivity contribution is 7.86. The van der Waals surface area contributed by atoms with E-state index in [1.807, 2.05) is 44.2 Å². The molecule has 3 rings (SSSR count).